The van der Waals surface area contributed by atoms with Crippen molar-refractivity contribution < 1.29 is 87.6 Å². The Morgan fingerprint density at radius 1 is 0.780 bits per heavy atom. The van der Waals surface area contributed by atoms with Crippen molar-refractivity contribution in [3.8, 4) is 34.6 Å². The van der Waals surface area contributed by atoms with Gasteiger partial charge in [-0.3, -0.25) is 24.1 Å². The number of sulfone groups is 2. The maximum Gasteiger partial charge on any atom is 0.354 e. The van der Waals surface area contributed by atoms with Gasteiger partial charge in [0.15, 0.2) is 41.0 Å². The Kier molecular flexibility index (Phi) is 27.1. The molecule has 33 nitrogen and oxygen atoms in total. The van der Waals surface area contributed by atoms with E-state index in [1.807, 2.05) is 20.8 Å². The average Bonchev–Trinajstić information content (AvgIpc) is 1.62. The molecule has 0 bridgehead atoms. The van der Waals surface area contributed by atoms with Crippen LogP contribution in [-0.2, 0) is 96.1 Å². The van der Waals surface area contributed by atoms with Gasteiger partial charge in [0.05, 0.1) is 98.5 Å². The summed E-state index contributed by atoms with van der Waals surface area (Å²) in [6.45, 7) is 22.4. The molecule has 0 spiro atoms. The number of amides is 2. The van der Waals surface area contributed by atoms with Crippen molar-refractivity contribution in [1.29, 1.82) is 0 Å². The van der Waals surface area contributed by atoms with E-state index in [1.165, 1.54) is 86.2 Å². The summed E-state index contributed by atoms with van der Waals surface area (Å²) in [6, 6.07) is 16.5. The molecule has 1 atom stereocenters. The molecule has 586 valence electrons. The highest BCUT2D eigenvalue weighted by Crippen LogP contribution is 2.41. The van der Waals surface area contributed by atoms with Crippen LogP contribution in [0.3, 0.4) is 0 Å². The number of aromatic hydroxyl groups is 1. The Labute approximate surface area is 639 Å². The molecule has 38 heteroatoms. The molecule has 5 aromatic heterocycles. The minimum absolute atomic E-state index is 0.0493. The fourth-order valence-corrected chi connectivity index (χ4v) is 15.6. The van der Waals surface area contributed by atoms with Crippen LogP contribution in [-0.4, -0.2) is 175 Å². The van der Waals surface area contributed by atoms with Crippen molar-refractivity contribution in [2.45, 2.75) is 135 Å². The summed E-state index contributed by atoms with van der Waals surface area (Å²) in [5.41, 5.74) is 5.13. The van der Waals surface area contributed by atoms with Crippen molar-refractivity contribution in [1.82, 2.24) is 43.2 Å². The number of carbonyl (C=O) groups is 5. The van der Waals surface area contributed by atoms with E-state index in [0.29, 0.717) is 83.3 Å². The fraction of sp³-hybridized carbons (Fsp3) is 0.408. The summed E-state index contributed by atoms with van der Waals surface area (Å²) in [6.07, 6.45) is 5.81. The molecule has 0 saturated heterocycles. The van der Waals surface area contributed by atoms with Crippen molar-refractivity contribution in [2.75, 3.05) is 69.6 Å². The van der Waals surface area contributed by atoms with E-state index in [9.17, 15) is 59.1 Å². The second-order valence-corrected chi connectivity index (χ2v) is 32.3. The first kappa shape index (κ1) is 84.4. The normalized spacial score (nSPS) is 14.9. The van der Waals surface area contributed by atoms with E-state index < -0.39 is 74.5 Å². The van der Waals surface area contributed by atoms with Crippen molar-refractivity contribution in [3.05, 3.63) is 138 Å². The maximum absolute atomic E-state index is 13.5. The molecule has 3 aliphatic heterocycles. The molecular formula is C71H85Cl2N13O20S3. The molecule has 11 rings (SSSR count). The van der Waals surface area contributed by atoms with Crippen LogP contribution in [0.4, 0.5) is 16.4 Å². The van der Waals surface area contributed by atoms with Crippen molar-refractivity contribution in [2.24, 2.45) is 22.7 Å². The van der Waals surface area contributed by atoms with Crippen LogP contribution in [0.5, 0.6) is 23.5 Å². The first-order valence-corrected chi connectivity index (χ1v) is 39.9. The number of hydrazone groups is 1. The Balaban J connectivity index is 0.000000184. The maximum atomic E-state index is 13.5. The lowest BCUT2D eigenvalue weighted by molar-refractivity contribution is -0.148. The first-order chi connectivity index (χ1) is 51.3. The van der Waals surface area contributed by atoms with Crippen molar-refractivity contribution in [3.63, 3.8) is 0 Å². The molecule has 0 aliphatic carbocycles. The minimum atomic E-state index is -4.68. The summed E-state index contributed by atoms with van der Waals surface area (Å²) >= 11 is 12.2. The molecule has 0 radical (unpaired) electrons. The fourth-order valence-electron chi connectivity index (χ4n) is 11.5. The monoisotopic (exact) mass is 1610 g/mol. The number of imidazole rings is 1. The number of benzene rings is 3. The van der Waals surface area contributed by atoms with Gasteiger partial charge in [-0.1, -0.05) is 72.9 Å². The lowest BCUT2D eigenvalue weighted by atomic mass is 9.91. The number of anilines is 2. The van der Waals surface area contributed by atoms with Gasteiger partial charge in [-0.2, -0.15) is 28.6 Å². The summed E-state index contributed by atoms with van der Waals surface area (Å²) in [5.74, 6) is -2.34. The zero-order chi connectivity index (χ0) is 80.4. The van der Waals surface area contributed by atoms with Gasteiger partial charge in [0.2, 0.25) is 29.5 Å². The number of pyridine rings is 1. The van der Waals surface area contributed by atoms with Gasteiger partial charge in [-0.05, 0) is 133 Å². The van der Waals surface area contributed by atoms with Crippen LogP contribution >= 0.6 is 23.2 Å². The smallest absolute Gasteiger partial charge is 0.354 e. The molecule has 8 aromatic rings. The molecule has 0 fully saturated rings. The highest BCUT2D eigenvalue weighted by atomic mass is 35.5. The lowest BCUT2D eigenvalue weighted by Crippen LogP contribution is -2.48. The summed E-state index contributed by atoms with van der Waals surface area (Å²) in [7, 11) is -8.05. The topological polar surface area (TPSA) is 412 Å². The van der Waals surface area contributed by atoms with Gasteiger partial charge in [0, 0.05) is 48.5 Å². The largest absolute Gasteiger partial charge is 0.493 e. The number of oxime groups is 1. The number of methoxy groups -OCH3 is 2. The Morgan fingerprint density at radius 2 is 1.42 bits per heavy atom. The van der Waals surface area contributed by atoms with Crippen LogP contribution in [0, 0.1) is 19.3 Å². The average molecular weight is 1610 g/mol. The number of ketones is 1. The zero-order valence-corrected chi connectivity index (χ0v) is 66.6. The number of carbonyl (C=O) groups excluding carboxylic acids is 5. The standard InChI is InChI=1S/C23H32N2O4.C16H18Cl2N2O4.C16H18N6O7S2.C16H17N3O5S/c1-7-16-13-15(3)14-17(8-2)18(16)19-20(26)24-9-11-28-12-10-25(24)21(19)29-22(27)23(4,5)6;1-4-23-14(21)12-9-16(3,15(22)24-5-2)20(19-12)13-7-6-10(17)8-11(13)18;1-4-30(24,25)13-14(22-8-6-5-7-10(22)17-13)31(26,27)21-16(23)20-15-18-11(28-2)9-12(19-15)29-3;1-9-10(15(20)11-8-17-19(2)16(11)21)4-5-13(25(3,22)23)14(9)12-6-7-24-18-12/h13-14H,7-12H2,1-6H3;6-8H,4-5,9H2,1-3H3;5-9H,4H2,1-3H3,(H2,18,19,20,21,23);4-5,8,21H,6-7H2,1-3H3. The van der Waals surface area contributed by atoms with E-state index >= 15 is 0 Å². The third-order valence-electron chi connectivity index (χ3n) is 17.0. The van der Waals surface area contributed by atoms with Gasteiger partial charge in [0.1, 0.15) is 29.1 Å². The summed E-state index contributed by atoms with van der Waals surface area (Å²) < 4.78 is 114. The molecule has 1 unspecified atom stereocenters. The SMILES string of the molecule is CCOC(=O)C1=NN(c2ccc(Cl)cc2Cl)C(C)(C(=O)OCC)C1.CCS(=O)(=O)c1nc2ccccn2c1S(=O)(=O)NC(=O)Nc1nc(OC)cc(OC)n1.CCc1cc(C)cc(CC)c1-c1c(OC(=O)C(C)(C)C)n2n(c1=O)CCOCC2.Cc1c(C(=O)c2cnn(C)c2O)ccc(S(C)(=O)=O)c1C1=NOCC1. The van der Waals surface area contributed by atoms with Crippen molar-refractivity contribution >= 4 is 111 Å². The number of sulfonamides is 1. The number of esters is 3. The Bertz CT molecular complexity index is 5270. The zero-order valence-electron chi connectivity index (χ0n) is 62.6. The molecule has 3 aromatic carbocycles. The number of nitrogens with one attached hydrogen (secondary N) is 2. The number of aryl methyl sites for hydroxylation is 4. The van der Waals surface area contributed by atoms with E-state index in [1.54, 1.807) is 66.0 Å². The van der Waals surface area contributed by atoms with Crippen LogP contribution in [0.15, 0.2) is 109 Å². The van der Waals surface area contributed by atoms with Gasteiger partial charge in [-0.15, -0.1) is 0 Å². The van der Waals surface area contributed by atoms with Gasteiger partial charge < -0.3 is 38.4 Å². The Morgan fingerprint density at radius 3 is 1.97 bits per heavy atom. The third kappa shape index (κ3) is 18.9. The molecule has 109 heavy (non-hydrogen) atoms. The quantitative estimate of drug-likeness (QED) is 0.0473. The van der Waals surface area contributed by atoms with E-state index in [-0.39, 0.29) is 87.9 Å². The number of rotatable bonds is 20. The number of halogens is 2. The number of ether oxygens (including phenoxy) is 6. The highest BCUT2D eigenvalue weighted by molar-refractivity contribution is 7.93. The molecule has 0 saturated carbocycles. The minimum Gasteiger partial charge on any atom is -0.493 e. The van der Waals surface area contributed by atoms with Crippen LogP contribution in [0.2, 0.25) is 10.0 Å². The number of nitrogens with zero attached hydrogens (tertiary/aromatic N) is 11. The van der Waals surface area contributed by atoms with E-state index in [4.69, 9.17) is 56.5 Å². The van der Waals surface area contributed by atoms with Gasteiger partial charge in [-0.25, -0.2) is 60.0 Å². The van der Waals surface area contributed by atoms with Crippen LogP contribution < -0.4 is 34.8 Å². The molecular weight excluding hydrogens is 1520 g/mol. The number of hydrogen-bond donors (Lipinski definition) is 3. The second-order valence-electron chi connectivity index (χ2n) is 25.7. The van der Waals surface area contributed by atoms with E-state index in [0.717, 1.165) is 40.2 Å². The molecule has 3 N–H and O–H groups in total. The summed E-state index contributed by atoms with van der Waals surface area (Å²) in [4.78, 5) is 92.7. The Hall–Kier alpha value is -10.3. The van der Waals surface area contributed by atoms with Gasteiger partial charge in [0.25, 0.3) is 15.6 Å². The predicted octanol–water partition coefficient (Wildman–Crippen LogP) is 8.81. The number of fused-ring (bicyclic) bond motifs is 2. The first-order valence-electron chi connectivity index (χ1n) is 34.1. The number of hydrogen-bond acceptors (Lipinski definition) is 27. The van der Waals surface area contributed by atoms with E-state index in [2.05, 4.69) is 68.5 Å². The number of aromatic nitrogens is 8. The second kappa shape index (κ2) is 35.0. The molecule has 3 aliphatic rings. The number of urea groups is 1. The van der Waals surface area contributed by atoms with Crippen LogP contribution in [0.1, 0.15) is 119 Å². The molecule has 2 amide bonds. The highest BCUT2D eigenvalue weighted by Gasteiger charge is 2.50. The third-order valence-corrected chi connectivity index (χ3v) is 21.8. The predicted molar refractivity (Wildman–Crippen MR) is 403 cm³/mol. The van der Waals surface area contributed by atoms with Gasteiger partial charge >= 0.3 is 23.9 Å². The molecule has 8 heterocycles. The van der Waals surface area contributed by atoms with Crippen LogP contribution in [0.25, 0.3) is 16.8 Å². The lowest BCUT2D eigenvalue weighted by Gasteiger charge is -2.32. The summed E-state index contributed by atoms with van der Waals surface area (Å²) in [5, 5.41) is 24.9.